The molecule has 0 N–H and O–H groups in total. The first-order valence-corrected chi connectivity index (χ1v) is 8.31. The van der Waals surface area contributed by atoms with Crippen LogP contribution < -0.4 is 9.64 Å². The predicted octanol–water partition coefficient (Wildman–Crippen LogP) is 3.05. The molecule has 1 aliphatic rings. The minimum Gasteiger partial charge on any atom is -0.487 e. The summed E-state index contributed by atoms with van der Waals surface area (Å²) in [7, 11) is 0. The summed E-state index contributed by atoms with van der Waals surface area (Å²) in [4.78, 5) is 18.5. The van der Waals surface area contributed by atoms with E-state index in [1.165, 1.54) is 12.1 Å². The summed E-state index contributed by atoms with van der Waals surface area (Å²) in [6.07, 6.45) is 1.11. The molecule has 2 aromatic heterocycles. The summed E-state index contributed by atoms with van der Waals surface area (Å²) in [6, 6.07) is 13.8. The van der Waals surface area contributed by atoms with Gasteiger partial charge in [0.05, 0.1) is 18.8 Å². The lowest BCUT2D eigenvalue weighted by atomic mass is 10.2. The largest absolute Gasteiger partial charge is 0.487 e. The summed E-state index contributed by atoms with van der Waals surface area (Å²) in [6.45, 7) is 2.72. The SMILES string of the molecule is C[C@@H]1Cn2nc(COc3ccccc3)cc2C(=O)N1c1ccc(F)cn1. The van der Waals surface area contributed by atoms with Gasteiger partial charge in [0.15, 0.2) is 0 Å². The maximum absolute atomic E-state index is 13.1. The van der Waals surface area contributed by atoms with Gasteiger partial charge in [-0.1, -0.05) is 18.2 Å². The van der Waals surface area contributed by atoms with Crippen molar-refractivity contribution >= 4 is 11.7 Å². The average Bonchev–Trinajstić information content (AvgIpc) is 3.05. The van der Waals surface area contributed by atoms with Crippen LogP contribution in [0.1, 0.15) is 23.1 Å². The molecule has 0 radical (unpaired) electrons. The number of anilines is 1. The molecule has 26 heavy (non-hydrogen) atoms. The molecule has 7 heteroatoms. The van der Waals surface area contributed by atoms with Gasteiger partial charge in [0.1, 0.15) is 35.4 Å². The van der Waals surface area contributed by atoms with Gasteiger partial charge >= 0.3 is 0 Å². The highest BCUT2D eigenvalue weighted by Gasteiger charge is 2.33. The summed E-state index contributed by atoms with van der Waals surface area (Å²) in [5, 5.41) is 4.47. The molecule has 0 unspecified atom stereocenters. The molecule has 4 rings (SSSR count). The number of para-hydroxylation sites is 1. The Labute approximate surface area is 149 Å². The van der Waals surface area contributed by atoms with Crippen molar-refractivity contribution in [2.75, 3.05) is 4.90 Å². The van der Waals surface area contributed by atoms with E-state index in [0.29, 0.717) is 23.8 Å². The Bertz CT molecular complexity index is 924. The number of aromatic nitrogens is 3. The van der Waals surface area contributed by atoms with Crippen molar-refractivity contribution in [3.05, 3.63) is 71.9 Å². The second-order valence-electron chi connectivity index (χ2n) is 6.16. The normalized spacial score (nSPS) is 16.5. The van der Waals surface area contributed by atoms with Crippen LogP contribution >= 0.6 is 0 Å². The molecule has 1 aromatic carbocycles. The molecule has 1 aliphatic heterocycles. The molecule has 1 amide bonds. The van der Waals surface area contributed by atoms with Crippen molar-refractivity contribution in [3.63, 3.8) is 0 Å². The fraction of sp³-hybridized carbons (Fsp3) is 0.211. The number of ether oxygens (including phenoxy) is 1. The zero-order valence-electron chi connectivity index (χ0n) is 14.2. The van der Waals surface area contributed by atoms with Crippen LogP contribution in [0.25, 0.3) is 0 Å². The average molecular weight is 352 g/mol. The molecule has 0 aliphatic carbocycles. The molecular weight excluding hydrogens is 335 g/mol. The number of halogens is 1. The molecule has 3 aromatic rings. The van der Waals surface area contributed by atoms with Crippen molar-refractivity contribution in [1.82, 2.24) is 14.8 Å². The van der Waals surface area contributed by atoms with Gasteiger partial charge in [-0.05, 0) is 37.3 Å². The number of carbonyl (C=O) groups excluding carboxylic acids is 1. The van der Waals surface area contributed by atoms with E-state index in [2.05, 4.69) is 10.1 Å². The molecule has 0 saturated carbocycles. The fourth-order valence-corrected chi connectivity index (χ4v) is 3.02. The number of hydrogen-bond acceptors (Lipinski definition) is 4. The Kier molecular flexibility index (Phi) is 4.12. The van der Waals surface area contributed by atoms with Crippen molar-refractivity contribution < 1.29 is 13.9 Å². The van der Waals surface area contributed by atoms with Crippen LogP contribution in [0.4, 0.5) is 10.2 Å². The van der Waals surface area contributed by atoms with Gasteiger partial charge in [0, 0.05) is 0 Å². The molecule has 0 spiro atoms. The third kappa shape index (κ3) is 3.03. The van der Waals surface area contributed by atoms with E-state index in [4.69, 9.17) is 4.74 Å². The molecular formula is C19H17FN4O2. The maximum atomic E-state index is 13.1. The van der Waals surface area contributed by atoms with Crippen molar-refractivity contribution in [2.24, 2.45) is 0 Å². The first-order valence-electron chi connectivity index (χ1n) is 8.31. The lowest BCUT2D eigenvalue weighted by Gasteiger charge is -2.32. The van der Waals surface area contributed by atoms with Gasteiger partial charge < -0.3 is 4.74 Å². The topological polar surface area (TPSA) is 60.3 Å². The predicted molar refractivity (Wildman–Crippen MR) is 93.5 cm³/mol. The summed E-state index contributed by atoms with van der Waals surface area (Å²) < 4.78 is 20.5. The van der Waals surface area contributed by atoms with Crippen LogP contribution in [-0.4, -0.2) is 26.7 Å². The van der Waals surface area contributed by atoms with E-state index in [-0.39, 0.29) is 18.6 Å². The molecule has 0 saturated heterocycles. The van der Waals surface area contributed by atoms with E-state index >= 15 is 0 Å². The van der Waals surface area contributed by atoms with Crippen LogP contribution in [0, 0.1) is 5.82 Å². The Morgan fingerprint density at radius 3 is 2.77 bits per heavy atom. The van der Waals surface area contributed by atoms with Gasteiger partial charge in [-0.25, -0.2) is 9.37 Å². The van der Waals surface area contributed by atoms with E-state index in [1.807, 2.05) is 37.3 Å². The number of nitrogens with zero attached hydrogens (tertiary/aromatic N) is 4. The minimum atomic E-state index is -0.434. The number of hydrogen-bond donors (Lipinski definition) is 0. The number of benzene rings is 1. The Balaban J connectivity index is 1.56. The monoisotopic (exact) mass is 352 g/mol. The van der Waals surface area contributed by atoms with Crippen LogP contribution in [0.2, 0.25) is 0 Å². The fourth-order valence-electron chi connectivity index (χ4n) is 3.02. The Morgan fingerprint density at radius 2 is 2.04 bits per heavy atom. The standard InChI is InChI=1S/C19H17FN4O2/c1-13-11-23-17(19(25)24(13)18-8-7-14(20)10-21-18)9-15(22-23)12-26-16-5-3-2-4-6-16/h2-10,13H,11-12H2,1H3/t13-/m1/s1. The summed E-state index contributed by atoms with van der Waals surface area (Å²) >= 11 is 0. The summed E-state index contributed by atoms with van der Waals surface area (Å²) in [5.41, 5.74) is 1.15. The lowest BCUT2D eigenvalue weighted by molar-refractivity contribution is 0.0946. The van der Waals surface area contributed by atoms with Crippen molar-refractivity contribution in [2.45, 2.75) is 26.1 Å². The van der Waals surface area contributed by atoms with E-state index in [9.17, 15) is 9.18 Å². The second kappa shape index (κ2) is 6.59. The highest BCUT2D eigenvalue weighted by Crippen LogP contribution is 2.24. The first kappa shape index (κ1) is 16.3. The van der Waals surface area contributed by atoms with Crippen molar-refractivity contribution in [3.8, 4) is 5.75 Å². The third-order valence-electron chi connectivity index (χ3n) is 4.23. The minimum absolute atomic E-state index is 0.143. The van der Waals surface area contributed by atoms with Crippen LogP contribution in [-0.2, 0) is 13.2 Å². The van der Waals surface area contributed by atoms with E-state index in [1.54, 1.807) is 15.6 Å². The lowest BCUT2D eigenvalue weighted by Crippen LogP contribution is -2.47. The van der Waals surface area contributed by atoms with Crippen LogP contribution in [0.15, 0.2) is 54.7 Å². The molecule has 132 valence electrons. The van der Waals surface area contributed by atoms with Gasteiger partial charge in [0.25, 0.3) is 5.91 Å². The highest BCUT2D eigenvalue weighted by molar-refractivity contribution is 6.05. The highest BCUT2D eigenvalue weighted by atomic mass is 19.1. The second-order valence-corrected chi connectivity index (χ2v) is 6.16. The number of amides is 1. The van der Waals surface area contributed by atoms with Gasteiger partial charge in [-0.15, -0.1) is 0 Å². The Morgan fingerprint density at radius 1 is 1.23 bits per heavy atom. The zero-order chi connectivity index (χ0) is 18.1. The molecule has 3 heterocycles. The van der Waals surface area contributed by atoms with Gasteiger partial charge in [-0.2, -0.15) is 5.10 Å². The number of rotatable bonds is 4. The Hall–Kier alpha value is -3.22. The number of pyridine rings is 1. The van der Waals surface area contributed by atoms with Crippen LogP contribution in [0.5, 0.6) is 5.75 Å². The van der Waals surface area contributed by atoms with Crippen LogP contribution in [0.3, 0.4) is 0 Å². The molecule has 0 fully saturated rings. The van der Waals surface area contributed by atoms with E-state index < -0.39 is 5.82 Å². The van der Waals surface area contributed by atoms with E-state index in [0.717, 1.165) is 11.9 Å². The van der Waals surface area contributed by atoms with Gasteiger partial charge in [0.2, 0.25) is 0 Å². The zero-order valence-corrected chi connectivity index (χ0v) is 14.2. The number of carbonyl (C=O) groups is 1. The smallest absolute Gasteiger partial charge is 0.278 e. The molecule has 6 nitrogen and oxygen atoms in total. The molecule has 0 bridgehead atoms. The third-order valence-corrected chi connectivity index (χ3v) is 4.23. The van der Waals surface area contributed by atoms with Crippen molar-refractivity contribution in [1.29, 1.82) is 0 Å². The summed E-state index contributed by atoms with van der Waals surface area (Å²) in [5.74, 6) is 0.534. The number of fused-ring (bicyclic) bond motifs is 1. The quantitative estimate of drug-likeness (QED) is 0.724. The maximum Gasteiger partial charge on any atom is 0.278 e. The first-order chi connectivity index (χ1) is 12.6. The van der Waals surface area contributed by atoms with Gasteiger partial charge in [-0.3, -0.25) is 14.4 Å². The molecule has 1 atom stereocenters.